The zero-order chi connectivity index (χ0) is 22.0. The zero-order valence-electron chi connectivity index (χ0n) is 16.3. The van der Waals surface area contributed by atoms with Crippen LogP contribution >= 0.6 is 23.2 Å². The number of benzene rings is 2. The van der Waals surface area contributed by atoms with Gasteiger partial charge in [0.1, 0.15) is 6.33 Å². The highest BCUT2D eigenvalue weighted by Crippen LogP contribution is 2.35. The van der Waals surface area contributed by atoms with Crippen molar-refractivity contribution in [2.75, 3.05) is 24.4 Å². The number of rotatable bonds is 6. The maximum atomic E-state index is 12.2. The Hall–Kier alpha value is -3.30. The third kappa shape index (κ3) is 4.57. The van der Waals surface area contributed by atoms with E-state index in [0.717, 1.165) is 5.56 Å². The molecule has 9 nitrogen and oxygen atoms in total. The Kier molecular flexibility index (Phi) is 5.97. The van der Waals surface area contributed by atoms with E-state index >= 15 is 0 Å². The van der Waals surface area contributed by atoms with Gasteiger partial charge in [-0.2, -0.15) is 10.1 Å². The number of methoxy groups -OCH3 is 1. The van der Waals surface area contributed by atoms with Gasteiger partial charge in [0.15, 0.2) is 18.1 Å². The number of hydrogen-bond acceptors (Lipinski definition) is 6. The van der Waals surface area contributed by atoms with E-state index in [0.29, 0.717) is 33.2 Å². The molecule has 2 amide bonds. The molecule has 160 valence electrons. The number of hydrogen-bond donors (Lipinski definition) is 2. The van der Waals surface area contributed by atoms with Crippen molar-refractivity contribution in [1.29, 1.82) is 0 Å². The van der Waals surface area contributed by atoms with Crippen molar-refractivity contribution in [3.8, 4) is 11.5 Å². The topological polar surface area (TPSA) is 107 Å². The number of anilines is 2. The number of aromatic nitrogens is 3. The molecule has 0 saturated heterocycles. The van der Waals surface area contributed by atoms with Gasteiger partial charge in [0.25, 0.3) is 5.91 Å². The van der Waals surface area contributed by atoms with Crippen molar-refractivity contribution >= 4 is 46.7 Å². The van der Waals surface area contributed by atoms with Gasteiger partial charge in [0.05, 0.1) is 29.6 Å². The van der Waals surface area contributed by atoms with Crippen molar-refractivity contribution < 1.29 is 19.1 Å². The summed E-state index contributed by atoms with van der Waals surface area (Å²) in [4.78, 5) is 28.3. The molecule has 0 radical (unpaired) electrons. The average molecular weight is 462 g/mol. The molecule has 3 aromatic rings. The predicted molar refractivity (Wildman–Crippen MR) is 115 cm³/mol. The van der Waals surface area contributed by atoms with E-state index in [4.69, 9.17) is 32.7 Å². The lowest BCUT2D eigenvalue weighted by Gasteiger charge is -2.24. The molecule has 0 fully saturated rings. The van der Waals surface area contributed by atoms with E-state index in [-0.39, 0.29) is 30.9 Å². The van der Waals surface area contributed by atoms with E-state index in [1.54, 1.807) is 41.1 Å². The van der Waals surface area contributed by atoms with Crippen LogP contribution in [0.3, 0.4) is 0 Å². The Morgan fingerprint density at radius 1 is 1.23 bits per heavy atom. The van der Waals surface area contributed by atoms with Crippen molar-refractivity contribution in [1.82, 2.24) is 14.8 Å². The van der Waals surface area contributed by atoms with Gasteiger partial charge in [-0.05, 0) is 35.9 Å². The van der Waals surface area contributed by atoms with Gasteiger partial charge >= 0.3 is 0 Å². The first-order valence-corrected chi connectivity index (χ1v) is 9.95. The number of halogens is 2. The quantitative estimate of drug-likeness (QED) is 0.581. The number of fused-ring (bicyclic) bond motifs is 1. The van der Waals surface area contributed by atoms with Gasteiger partial charge in [-0.1, -0.05) is 29.3 Å². The fourth-order valence-corrected chi connectivity index (χ4v) is 3.49. The van der Waals surface area contributed by atoms with Crippen LogP contribution in [0.25, 0.3) is 0 Å². The minimum Gasteiger partial charge on any atom is -0.493 e. The van der Waals surface area contributed by atoms with Gasteiger partial charge < -0.3 is 14.8 Å². The summed E-state index contributed by atoms with van der Waals surface area (Å²) < 4.78 is 12.7. The van der Waals surface area contributed by atoms with E-state index in [1.165, 1.54) is 13.4 Å². The standard InChI is InChI=1S/C20H17Cl2N5O4/c1-30-17-6-11(15-8-18(28)26-20-23-10-24-27(15)20)2-5-16(17)31-9-19(29)25-12-3-4-13(21)14(22)7-12/h2-7,10,15H,8-9H2,1H3,(H,25,29)(H,23,24,26,28)/t15-/m0/s1. The summed E-state index contributed by atoms with van der Waals surface area (Å²) in [7, 11) is 1.50. The SMILES string of the molecule is COc1cc([C@@H]2CC(=O)Nc3ncnn32)ccc1OCC(=O)Nc1ccc(Cl)c(Cl)c1. The molecule has 1 aliphatic heterocycles. The molecule has 0 aliphatic carbocycles. The summed E-state index contributed by atoms with van der Waals surface area (Å²) in [5.41, 5.74) is 1.30. The highest BCUT2D eigenvalue weighted by atomic mass is 35.5. The molecule has 0 bridgehead atoms. The van der Waals surface area contributed by atoms with Gasteiger partial charge in [-0.3, -0.25) is 14.9 Å². The van der Waals surface area contributed by atoms with Crippen LogP contribution in [0.4, 0.5) is 11.6 Å². The van der Waals surface area contributed by atoms with Crippen LogP contribution < -0.4 is 20.1 Å². The van der Waals surface area contributed by atoms with E-state index in [1.807, 2.05) is 0 Å². The van der Waals surface area contributed by atoms with Gasteiger partial charge in [0, 0.05) is 5.69 Å². The second-order valence-corrected chi connectivity index (χ2v) is 7.49. The Labute approximate surface area is 187 Å². The van der Waals surface area contributed by atoms with Crippen LogP contribution in [0.1, 0.15) is 18.0 Å². The highest BCUT2D eigenvalue weighted by Gasteiger charge is 2.28. The monoisotopic (exact) mass is 461 g/mol. The first-order valence-electron chi connectivity index (χ1n) is 9.19. The molecule has 11 heteroatoms. The largest absolute Gasteiger partial charge is 0.493 e. The Balaban J connectivity index is 1.46. The summed E-state index contributed by atoms with van der Waals surface area (Å²) in [5, 5.41) is 10.3. The van der Waals surface area contributed by atoms with Gasteiger partial charge in [-0.15, -0.1) is 0 Å². The smallest absolute Gasteiger partial charge is 0.262 e. The lowest BCUT2D eigenvalue weighted by atomic mass is 10.0. The number of carbonyl (C=O) groups excluding carboxylic acids is 2. The van der Waals surface area contributed by atoms with Crippen LogP contribution in [0.5, 0.6) is 11.5 Å². The lowest BCUT2D eigenvalue weighted by Crippen LogP contribution is -2.29. The van der Waals surface area contributed by atoms with Crippen LogP contribution in [0.15, 0.2) is 42.7 Å². The molecule has 2 N–H and O–H groups in total. The highest BCUT2D eigenvalue weighted by molar-refractivity contribution is 6.42. The van der Waals surface area contributed by atoms with Crippen molar-refractivity contribution in [3.63, 3.8) is 0 Å². The summed E-state index contributed by atoms with van der Waals surface area (Å²) in [5.74, 6) is 0.672. The molecule has 0 spiro atoms. The van der Waals surface area contributed by atoms with Crippen molar-refractivity contribution in [2.45, 2.75) is 12.5 Å². The Morgan fingerprint density at radius 2 is 2.06 bits per heavy atom. The van der Waals surface area contributed by atoms with E-state index < -0.39 is 0 Å². The minimum absolute atomic E-state index is 0.149. The first-order chi connectivity index (χ1) is 14.9. The normalized spacial score (nSPS) is 15.1. The van der Waals surface area contributed by atoms with Crippen LogP contribution in [-0.4, -0.2) is 40.3 Å². The first kappa shape index (κ1) is 21.0. The van der Waals surface area contributed by atoms with Crippen LogP contribution in [-0.2, 0) is 9.59 Å². The van der Waals surface area contributed by atoms with Crippen LogP contribution in [0, 0.1) is 0 Å². The van der Waals surface area contributed by atoms with Crippen molar-refractivity contribution in [2.24, 2.45) is 0 Å². The van der Waals surface area contributed by atoms with Gasteiger partial charge in [-0.25, -0.2) is 4.68 Å². The fraction of sp³-hybridized carbons (Fsp3) is 0.200. The fourth-order valence-electron chi connectivity index (χ4n) is 3.19. The molecule has 4 rings (SSSR count). The number of nitrogens with zero attached hydrogens (tertiary/aromatic N) is 3. The maximum Gasteiger partial charge on any atom is 0.262 e. The minimum atomic E-state index is -0.374. The molecule has 2 aromatic carbocycles. The number of ether oxygens (including phenoxy) is 2. The predicted octanol–water partition coefficient (Wildman–Crippen LogP) is 3.54. The summed E-state index contributed by atoms with van der Waals surface area (Å²) in [6.07, 6.45) is 1.60. The van der Waals surface area contributed by atoms with E-state index in [9.17, 15) is 9.59 Å². The molecule has 31 heavy (non-hydrogen) atoms. The van der Waals surface area contributed by atoms with Crippen LogP contribution in [0.2, 0.25) is 10.0 Å². The Morgan fingerprint density at radius 3 is 2.84 bits per heavy atom. The summed E-state index contributed by atoms with van der Waals surface area (Å²) in [6, 6.07) is 9.69. The second kappa shape index (κ2) is 8.83. The lowest BCUT2D eigenvalue weighted by molar-refractivity contribution is -0.118. The number of carbonyl (C=O) groups is 2. The maximum absolute atomic E-state index is 12.2. The number of amides is 2. The number of nitrogens with one attached hydrogen (secondary N) is 2. The molecule has 1 aromatic heterocycles. The average Bonchev–Trinajstić information content (AvgIpc) is 3.22. The Bertz CT molecular complexity index is 1150. The molecule has 1 atom stereocenters. The molecule has 1 aliphatic rings. The molecule has 0 saturated carbocycles. The van der Waals surface area contributed by atoms with Crippen molar-refractivity contribution in [3.05, 3.63) is 58.3 Å². The van der Waals surface area contributed by atoms with E-state index in [2.05, 4.69) is 20.7 Å². The summed E-state index contributed by atoms with van der Waals surface area (Å²) in [6.45, 7) is -0.241. The molecular weight excluding hydrogens is 445 g/mol. The van der Waals surface area contributed by atoms with Gasteiger partial charge in [0.2, 0.25) is 11.9 Å². The summed E-state index contributed by atoms with van der Waals surface area (Å²) >= 11 is 11.8. The second-order valence-electron chi connectivity index (χ2n) is 6.67. The zero-order valence-corrected chi connectivity index (χ0v) is 17.8. The molecule has 0 unspecified atom stereocenters. The third-order valence-corrected chi connectivity index (χ3v) is 5.37. The third-order valence-electron chi connectivity index (χ3n) is 4.63. The molecular formula is C20H17Cl2N5O4. The molecule has 2 heterocycles.